The SMILES string of the molecule is CN[C@@H](C)C(=O)N[C@H](C(=O)N1CCC[C@H]1C(=O)N[C@@H]1CCCc2ccccc21)[C@@H](C)OCC#CC=CCO[C@H](C)[C@H](NC(=O)[C@H](C)NC)C(=O)N1CCC[C@H]1C(=O)N[C@@H]1CCCc2ccccc21. The van der Waals surface area contributed by atoms with Gasteiger partial charge in [0.25, 0.3) is 0 Å². The van der Waals surface area contributed by atoms with Crippen molar-refractivity contribution in [2.45, 2.75) is 152 Å². The van der Waals surface area contributed by atoms with Crippen LogP contribution in [0.1, 0.15) is 113 Å². The van der Waals surface area contributed by atoms with Gasteiger partial charge in [-0.15, -0.1) is 0 Å². The predicted molar refractivity (Wildman–Crippen MR) is 259 cm³/mol. The van der Waals surface area contributed by atoms with E-state index in [1.165, 1.54) is 11.1 Å². The number of likely N-dealkylation sites (N-methyl/N-ethyl adjacent to an activating group) is 2. The van der Waals surface area contributed by atoms with Gasteiger partial charge in [0.05, 0.1) is 43.0 Å². The van der Waals surface area contributed by atoms with Gasteiger partial charge in [0, 0.05) is 13.1 Å². The molecule has 0 spiro atoms. The fraction of sp³-hybridized carbons (Fsp3) is 0.577. The van der Waals surface area contributed by atoms with Crippen LogP contribution >= 0.6 is 0 Å². The van der Waals surface area contributed by atoms with Gasteiger partial charge in [0.15, 0.2) is 0 Å². The fourth-order valence-corrected chi connectivity index (χ4v) is 9.67. The molecule has 16 heteroatoms. The van der Waals surface area contributed by atoms with Crippen LogP contribution in [0.3, 0.4) is 0 Å². The monoisotopic (exact) mass is 937 g/mol. The Labute approximate surface area is 401 Å². The number of ether oxygens (including phenoxy) is 2. The first-order valence-electron chi connectivity index (χ1n) is 24.5. The number of nitrogens with zero attached hydrogens (tertiary/aromatic N) is 2. The summed E-state index contributed by atoms with van der Waals surface area (Å²) in [6, 6.07) is 11.4. The average Bonchev–Trinajstić information content (AvgIpc) is 4.06. The number of allylic oxidation sites excluding steroid dienone is 1. The minimum Gasteiger partial charge on any atom is -0.372 e. The molecule has 68 heavy (non-hydrogen) atoms. The number of hydrogen-bond acceptors (Lipinski definition) is 10. The molecule has 0 radical (unpaired) electrons. The molecule has 6 N–H and O–H groups in total. The number of benzene rings is 2. The number of carbonyl (C=O) groups is 6. The lowest BCUT2D eigenvalue weighted by Gasteiger charge is -2.33. The molecule has 2 saturated heterocycles. The second-order valence-electron chi connectivity index (χ2n) is 18.5. The van der Waals surface area contributed by atoms with Crippen molar-refractivity contribution in [3.8, 4) is 11.8 Å². The lowest BCUT2D eigenvalue weighted by atomic mass is 9.87. The Morgan fingerprint density at radius 3 is 1.57 bits per heavy atom. The van der Waals surface area contributed by atoms with E-state index in [9.17, 15) is 28.8 Å². The summed E-state index contributed by atoms with van der Waals surface area (Å²) >= 11 is 0. The van der Waals surface area contributed by atoms with Gasteiger partial charge in [-0.3, -0.25) is 28.8 Å². The zero-order chi connectivity index (χ0) is 48.7. The molecule has 6 amide bonds. The van der Waals surface area contributed by atoms with Crippen molar-refractivity contribution >= 4 is 35.4 Å². The summed E-state index contributed by atoms with van der Waals surface area (Å²) in [7, 11) is 3.32. The van der Waals surface area contributed by atoms with Crippen LogP contribution in [0.2, 0.25) is 0 Å². The van der Waals surface area contributed by atoms with E-state index >= 15 is 0 Å². The molecule has 2 aliphatic carbocycles. The molecule has 2 aromatic carbocycles. The highest BCUT2D eigenvalue weighted by atomic mass is 16.5. The maximum atomic E-state index is 14.2. The van der Waals surface area contributed by atoms with Crippen LogP contribution in [-0.2, 0) is 51.1 Å². The summed E-state index contributed by atoms with van der Waals surface area (Å²) in [6.45, 7) is 7.59. The van der Waals surface area contributed by atoms with E-state index in [2.05, 4.69) is 68.0 Å². The smallest absolute Gasteiger partial charge is 0.248 e. The summed E-state index contributed by atoms with van der Waals surface area (Å²) < 4.78 is 12.1. The van der Waals surface area contributed by atoms with E-state index in [1.54, 1.807) is 63.7 Å². The minimum atomic E-state index is -1.07. The third-order valence-corrected chi connectivity index (χ3v) is 13.9. The second kappa shape index (κ2) is 25.1. The maximum absolute atomic E-state index is 14.2. The Balaban J connectivity index is 1.03. The molecule has 4 aliphatic rings. The zero-order valence-electron chi connectivity index (χ0n) is 40.6. The molecular formula is C52H72N8O8. The van der Waals surface area contributed by atoms with Gasteiger partial charge in [-0.1, -0.05) is 66.4 Å². The van der Waals surface area contributed by atoms with Crippen LogP contribution < -0.4 is 31.9 Å². The lowest BCUT2D eigenvalue weighted by Crippen LogP contribution is -2.59. The highest BCUT2D eigenvalue weighted by molar-refractivity contribution is 5.95. The van der Waals surface area contributed by atoms with Gasteiger partial charge in [-0.05, 0) is 134 Å². The standard InChI is InChI=1S/C52H72N8O8/c1-33(53-5)47(61)57-45(51(65)59-29-17-27-43(59)49(63)55-41-25-15-21-37-19-9-11-23-39(37)41)35(3)67-31-13-7-8-14-32-68-36(4)46(58-48(62)34(2)54-6)52(66)60-30-18-28-44(60)50(64)56-42-26-16-22-38-20-10-12-24-40(38)42/h7,9-13,19-20,23-24,33-36,41-46,53-54H,15-18,21-22,25-32H2,1-6H3,(H,55,63)(H,56,64)(H,57,61)(H,58,62)/t33-,34-,35+,36+,41+,42+,43-,44-,45-,46-/m0/s1. The van der Waals surface area contributed by atoms with Gasteiger partial charge in [-0.2, -0.15) is 0 Å². The molecule has 2 aliphatic heterocycles. The number of carbonyl (C=O) groups excluding carboxylic acids is 6. The first-order chi connectivity index (χ1) is 32.8. The predicted octanol–water partition coefficient (Wildman–Crippen LogP) is 2.91. The van der Waals surface area contributed by atoms with E-state index in [4.69, 9.17) is 9.47 Å². The number of nitrogens with one attached hydrogen (secondary N) is 6. The van der Waals surface area contributed by atoms with Crippen LogP contribution in [0.4, 0.5) is 0 Å². The van der Waals surface area contributed by atoms with Crippen LogP contribution in [-0.4, -0.2) is 134 Å². The summed E-state index contributed by atoms with van der Waals surface area (Å²) in [6.07, 6.45) is 9.61. The van der Waals surface area contributed by atoms with E-state index in [0.717, 1.165) is 49.7 Å². The van der Waals surface area contributed by atoms with Crippen molar-refractivity contribution in [2.24, 2.45) is 0 Å². The molecule has 0 bridgehead atoms. The number of amides is 6. The van der Waals surface area contributed by atoms with Gasteiger partial charge in [0.1, 0.15) is 30.8 Å². The number of hydrogen-bond donors (Lipinski definition) is 6. The van der Waals surface area contributed by atoms with Crippen molar-refractivity contribution in [1.29, 1.82) is 0 Å². The van der Waals surface area contributed by atoms with Crippen molar-refractivity contribution < 1.29 is 38.2 Å². The molecular weight excluding hydrogens is 865 g/mol. The maximum Gasteiger partial charge on any atom is 0.248 e. The largest absolute Gasteiger partial charge is 0.372 e. The first-order valence-corrected chi connectivity index (χ1v) is 24.5. The second-order valence-corrected chi connectivity index (χ2v) is 18.5. The average molecular weight is 937 g/mol. The van der Waals surface area contributed by atoms with Gasteiger partial charge in [0.2, 0.25) is 35.4 Å². The van der Waals surface area contributed by atoms with Crippen LogP contribution in [0.15, 0.2) is 60.7 Å². The quantitative estimate of drug-likeness (QED) is 0.114. The van der Waals surface area contributed by atoms with Crippen LogP contribution in [0.25, 0.3) is 0 Å². The molecule has 2 fully saturated rings. The minimum absolute atomic E-state index is 0.0565. The molecule has 2 heterocycles. The number of rotatable bonds is 19. The van der Waals surface area contributed by atoms with E-state index in [1.807, 2.05) is 24.3 Å². The van der Waals surface area contributed by atoms with Crippen LogP contribution in [0, 0.1) is 11.8 Å². The molecule has 16 nitrogen and oxygen atoms in total. The third-order valence-electron chi connectivity index (χ3n) is 13.9. The van der Waals surface area contributed by atoms with Gasteiger partial charge >= 0.3 is 0 Å². The van der Waals surface area contributed by atoms with Crippen molar-refractivity contribution in [3.05, 3.63) is 82.9 Å². The molecule has 0 saturated carbocycles. The fourth-order valence-electron chi connectivity index (χ4n) is 9.67. The van der Waals surface area contributed by atoms with E-state index in [-0.39, 0.29) is 54.8 Å². The number of aryl methyl sites for hydroxylation is 2. The Hall–Kier alpha value is -5.60. The van der Waals surface area contributed by atoms with Crippen molar-refractivity contribution in [1.82, 2.24) is 41.7 Å². The third kappa shape index (κ3) is 13.1. The Kier molecular flexibility index (Phi) is 19.1. The normalized spacial score (nSPS) is 22.6. The zero-order valence-corrected chi connectivity index (χ0v) is 40.6. The van der Waals surface area contributed by atoms with E-state index < -0.39 is 54.4 Å². The van der Waals surface area contributed by atoms with Crippen LogP contribution in [0.5, 0.6) is 0 Å². The van der Waals surface area contributed by atoms with E-state index in [0.29, 0.717) is 38.8 Å². The Bertz CT molecular complexity index is 2190. The topological polar surface area (TPSA) is 200 Å². The van der Waals surface area contributed by atoms with Gasteiger partial charge in [-0.25, -0.2) is 0 Å². The summed E-state index contributed by atoms with van der Waals surface area (Å²) in [5.74, 6) is 3.90. The molecule has 368 valence electrons. The highest BCUT2D eigenvalue weighted by Gasteiger charge is 2.42. The van der Waals surface area contributed by atoms with Crippen molar-refractivity contribution in [2.75, 3.05) is 40.4 Å². The lowest BCUT2D eigenvalue weighted by molar-refractivity contribution is -0.145. The Morgan fingerprint density at radius 2 is 1.10 bits per heavy atom. The molecule has 2 aromatic rings. The Morgan fingerprint density at radius 1 is 0.647 bits per heavy atom. The number of fused-ring (bicyclic) bond motifs is 2. The summed E-state index contributed by atoms with van der Waals surface area (Å²) in [4.78, 5) is 85.4. The molecule has 0 aromatic heterocycles. The molecule has 0 unspecified atom stereocenters. The molecule has 10 atom stereocenters. The molecule has 6 rings (SSSR count). The summed E-state index contributed by atoms with van der Waals surface area (Å²) in [5, 5.41) is 18.0. The summed E-state index contributed by atoms with van der Waals surface area (Å²) in [5.41, 5.74) is 4.70. The number of likely N-dealkylation sites (tertiary alicyclic amines) is 2. The first kappa shape index (κ1) is 51.8. The van der Waals surface area contributed by atoms with Gasteiger partial charge < -0.3 is 51.2 Å². The highest BCUT2D eigenvalue weighted by Crippen LogP contribution is 2.32. The van der Waals surface area contributed by atoms with Crippen molar-refractivity contribution in [3.63, 3.8) is 0 Å².